The summed E-state index contributed by atoms with van der Waals surface area (Å²) < 4.78 is 35.4. The van der Waals surface area contributed by atoms with Crippen LogP contribution in [0.1, 0.15) is 33.3 Å². The molecule has 0 aliphatic carbocycles. The lowest BCUT2D eigenvalue weighted by atomic mass is 9.76. The first-order chi connectivity index (χ1) is 9.35. The van der Waals surface area contributed by atoms with Gasteiger partial charge in [0.1, 0.15) is 0 Å². The third-order valence-electron chi connectivity index (χ3n) is 4.23. The average molecular weight is 331 g/mol. The smallest absolute Gasteiger partial charge is 0.399 e. The third-order valence-corrected chi connectivity index (χ3v) is 5.79. The zero-order chi connectivity index (χ0) is 16.2. The minimum Gasteiger partial charge on any atom is -0.399 e. The highest BCUT2D eigenvalue weighted by Crippen LogP contribution is 2.37. The third kappa shape index (κ3) is 3.00. The first kappa shape index (κ1) is 16.8. The summed E-state index contributed by atoms with van der Waals surface area (Å²) in [6.07, 6.45) is 1.14. The largest absolute Gasteiger partial charge is 0.495 e. The molecule has 1 fully saturated rings. The normalized spacial score (nSPS) is 20.8. The summed E-state index contributed by atoms with van der Waals surface area (Å²) in [5.41, 5.74) is 0.627. The lowest BCUT2D eigenvalue weighted by molar-refractivity contribution is 0.00578. The molecule has 2 rings (SSSR count). The van der Waals surface area contributed by atoms with Gasteiger partial charge < -0.3 is 9.31 Å². The van der Waals surface area contributed by atoms with Gasteiger partial charge in [0.15, 0.2) is 9.84 Å². The fourth-order valence-corrected chi connectivity index (χ4v) is 3.58. The Kier molecular flexibility index (Phi) is 3.99. The Morgan fingerprint density at radius 1 is 1.10 bits per heavy atom. The summed E-state index contributed by atoms with van der Waals surface area (Å²) >= 11 is 6.12. The Morgan fingerprint density at radius 3 is 2.00 bits per heavy atom. The molecule has 0 atom stereocenters. The van der Waals surface area contributed by atoms with Gasteiger partial charge in [-0.3, -0.25) is 0 Å². The van der Waals surface area contributed by atoms with Gasteiger partial charge in [0.2, 0.25) is 0 Å². The van der Waals surface area contributed by atoms with Crippen molar-refractivity contribution in [3.05, 3.63) is 22.7 Å². The minimum absolute atomic E-state index is 0.127. The van der Waals surface area contributed by atoms with Gasteiger partial charge >= 0.3 is 7.12 Å². The van der Waals surface area contributed by atoms with Gasteiger partial charge in [-0.05, 0) is 57.8 Å². The maximum absolute atomic E-state index is 11.7. The molecule has 7 heteroatoms. The molecule has 1 aromatic rings. The number of benzene rings is 1. The quantitative estimate of drug-likeness (QED) is 0.781. The van der Waals surface area contributed by atoms with Crippen LogP contribution in [0, 0.1) is 6.92 Å². The molecule has 1 heterocycles. The lowest BCUT2D eigenvalue weighted by Gasteiger charge is -2.32. The molecule has 1 aliphatic heterocycles. The number of aryl methyl sites for hydroxylation is 1. The van der Waals surface area contributed by atoms with E-state index in [0.717, 1.165) is 17.3 Å². The highest BCUT2D eigenvalue weighted by atomic mass is 35.5. The molecule has 0 bridgehead atoms. The molecule has 0 radical (unpaired) electrons. The summed E-state index contributed by atoms with van der Waals surface area (Å²) in [5.74, 6) is 0. The summed E-state index contributed by atoms with van der Waals surface area (Å²) in [4.78, 5) is 0.127. The van der Waals surface area contributed by atoms with Crippen LogP contribution in [-0.2, 0) is 19.1 Å². The molecule has 0 unspecified atom stereocenters. The zero-order valence-electron chi connectivity index (χ0n) is 13.2. The number of hydrogen-bond donors (Lipinski definition) is 0. The molecule has 0 spiro atoms. The van der Waals surface area contributed by atoms with E-state index in [4.69, 9.17) is 20.9 Å². The van der Waals surface area contributed by atoms with Crippen molar-refractivity contribution in [2.24, 2.45) is 0 Å². The van der Waals surface area contributed by atoms with E-state index < -0.39 is 28.2 Å². The molecule has 1 aromatic carbocycles. The topological polar surface area (TPSA) is 52.6 Å². The van der Waals surface area contributed by atoms with Gasteiger partial charge in [-0.25, -0.2) is 8.42 Å². The van der Waals surface area contributed by atoms with Gasteiger partial charge in [0.05, 0.1) is 21.1 Å². The van der Waals surface area contributed by atoms with E-state index in [1.807, 2.05) is 34.6 Å². The van der Waals surface area contributed by atoms with E-state index in [2.05, 4.69) is 0 Å². The van der Waals surface area contributed by atoms with E-state index in [1.165, 1.54) is 0 Å². The van der Waals surface area contributed by atoms with E-state index in [-0.39, 0.29) is 9.92 Å². The Bertz CT molecular complexity index is 666. The molecule has 0 saturated carbocycles. The van der Waals surface area contributed by atoms with Crippen LogP contribution in [0.25, 0.3) is 0 Å². The maximum atomic E-state index is 11.7. The summed E-state index contributed by atoms with van der Waals surface area (Å²) in [7, 11) is -3.91. The fraction of sp³-hybridized carbons (Fsp3) is 0.571. The van der Waals surface area contributed by atoms with E-state index in [1.54, 1.807) is 12.1 Å². The predicted molar refractivity (Wildman–Crippen MR) is 85.0 cm³/mol. The van der Waals surface area contributed by atoms with Crippen LogP contribution in [0.4, 0.5) is 0 Å². The zero-order valence-corrected chi connectivity index (χ0v) is 14.7. The van der Waals surface area contributed by atoms with Crippen molar-refractivity contribution in [3.63, 3.8) is 0 Å². The van der Waals surface area contributed by atoms with Crippen molar-refractivity contribution in [2.75, 3.05) is 6.26 Å². The molecule has 1 aliphatic rings. The molecule has 0 N–H and O–H groups in total. The number of hydrogen-bond acceptors (Lipinski definition) is 4. The fourth-order valence-electron chi connectivity index (χ4n) is 2.18. The maximum Gasteiger partial charge on any atom is 0.495 e. The van der Waals surface area contributed by atoms with Crippen molar-refractivity contribution in [2.45, 2.75) is 50.7 Å². The lowest BCUT2D eigenvalue weighted by Crippen LogP contribution is -2.41. The van der Waals surface area contributed by atoms with E-state index in [0.29, 0.717) is 0 Å². The van der Waals surface area contributed by atoms with Gasteiger partial charge in [0.25, 0.3) is 0 Å². The predicted octanol–water partition coefficient (Wildman–Crippen LogP) is 2.35. The highest BCUT2D eigenvalue weighted by molar-refractivity contribution is 7.90. The van der Waals surface area contributed by atoms with E-state index >= 15 is 0 Å². The number of halogens is 1. The molecule has 4 nitrogen and oxygen atoms in total. The molecular formula is C14H20BClO4S. The summed E-state index contributed by atoms with van der Waals surface area (Å²) in [6.45, 7) is 9.69. The van der Waals surface area contributed by atoms with Crippen LogP contribution >= 0.6 is 11.6 Å². The highest BCUT2D eigenvalue weighted by Gasteiger charge is 2.52. The van der Waals surface area contributed by atoms with Crippen LogP contribution in [0.2, 0.25) is 5.02 Å². The standard InChI is InChI=1S/C14H20BClO4S/c1-9-7-12(21(6,17)18)11(16)8-10(9)15-19-13(2,3)14(4,5)20-15/h7-8H,1-6H3. The van der Waals surface area contributed by atoms with E-state index in [9.17, 15) is 8.42 Å². The Balaban J connectivity index is 2.47. The van der Waals surface area contributed by atoms with Crippen molar-refractivity contribution >= 4 is 34.0 Å². The average Bonchev–Trinajstić information content (AvgIpc) is 2.49. The number of rotatable bonds is 2. The van der Waals surface area contributed by atoms with Crippen molar-refractivity contribution in [1.82, 2.24) is 0 Å². The van der Waals surface area contributed by atoms with Gasteiger partial charge in [-0.1, -0.05) is 11.6 Å². The molecule has 0 amide bonds. The monoisotopic (exact) mass is 330 g/mol. The van der Waals surface area contributed by atoms with Crippen LogP contribution < -0.4 is 5.46 Å². The Morgan fingerprint density at radius 2 is 1.57 bits per heavy atom. The first-order valence-corrected chi connectivity index (χ1v) is 8.98. The SMILES string of the molecule is Cc1cc(S(C)(=O)=O)c(Cl)cc1B1OC(C)(C)C(C)(C)O1. The van der Waals surface area contributed by atoms with Gasteiger partial charge in [0, 0.05) is 6.26 Å². The van der Waals surface area contributed by atoms with Gasteiger partial charge in [-0.2, -0.15) is 0 Å². The second-order valence-electron chi connectivity index (χ2n) is 6.50. The first-order valence-electron chi connectivity index (χ1n) is 6.71. The Hall–Kier alpha value is -0.555. The second-order valence-corrected chi connectivity index (χ2v) is 8.89. The van der Waals surface area contributed by atoms with Crippen LogP contribution in [0.5, 0.6) is 0 Å². The second kappa shape index (κ2) is 4.98. The molecule has 21 heavy (non-hydrogen) atoms. The van der Waals surface area contributed by atoms with Gasteiger partial charge in [-0.15, -0.1) is 0 Å². The minimum atomic E-state index is -3.36. The van der Waals surface area contributed by atoms with Crippen molar-refractivity contribution < 1.29 is 17.7 Å². The summed E-state index contributed by atoms with van der Waals surface area (Å²) in [5, 5.41) is 0.188. The molecule has 1 saturated heterocycles. The summed E-state index contributed by atoms with van der Waals surface area (Å²) in [6, 6.07) is 3.19. The van der Waals surface area contributed by atoms with Crippen LogP contribution in [0.3, 0.4) is 0 Å². The Labute approximate surface area is 131 Å². The van der Waals surface area contributed by atoms with Crippen molar-refractivity contribution in [3.8, 4) is 0 Å². The number of sulfone groups is 1. The molecular weight excluding hydrogens is 310 g/mol. The molecule has 116 valence electrons. The van der Waals surface area contributed by atoms with Crippen molar-refractivity contribution in [1.29, 1.82) is 0 Å². The van der Waals surface area contributed by atoms with Crippen LogP contribution in [-0.4, -0.2) is 33.0 Å². The molecule has 0 aromatic heterocycles. The van der Waals surface area contributed by atoms with Crippen LogP contribution in [0.15, 0.2) is 17.0 Å².